The van der Waals surface area contributed by atoms with Gasteiger partial charge in [0.2, 0.25) is 0 Å². The molecule has 4 amide bonds. The molecule has 1 aromatic carbocycles. The van der Waals surface area contributed by atoms with Crippen molar-refractivity contribution >= 4 is 23.9 Å². The highest BCUT2D eigenvalue weighted by Gasteiger charge is 2.37. The molecule has 0 aromatic heterocycles. The number of benzene rings is 1. The van der Waals surface area contributed by atoms with Crippen molar-refractivity contribution in [2.45, 2.75) is 6.92 Å². The van der Waals surface area contributed by atoms with Gasteiger partial charge in [-0.25, -0.2) is 4.79 Å². The second-order valence-corrected chi connectivity index (χ2v) is 4.81. The van der Waals surface area contributed by atoms with E-state index in [1.807, 2.05) is 37.3 Å². The van der Waals surface area contributed by atoms with Gasteiger partial charge in [0, 0.05) is 14.1 Å². The Kier molecular flexibility index (Phi) is 4.03. The third-order valence-corrected chi connectivity index (χ3v) is 3.37. The van der Waals surface area contributed by atoms with Crippen molar-refractivity contribution in [2.24, 2.45) is 0 Å². The molecule has 1 heterocycles. The predicted molar refractivity (Wildman–Crippen MR) is 79.2 cm³/mol. The van der Waals surface area contributed by atoms with Gasteiger partial charge in [-0.15, -0.1) is 0 Å². The first kappa shape index (κ1) is 14.7. The molecule has 1 aliphatic heterocycles. The van der Waals surface area contributed by atoms with Crippen LogP contribution in [-0.2, 0) is 9.59 Å². The van der Waals surface area contributed by atoms with Gasteiger partial charge in [0.25, 0.3) is 11.8 Å². The maximum Gasteiger partial charge on any atom is 0.333 e. The summed E-state index contributed by atoms with van der Waals surface area (Å²) >= 11 is 0. The van der Waals surface area contributed by atoms with Crippen LogP contribution in [0.1, 0.15) is 11.1 Å². The number of amides is 4. The number of urea groups is 1. The maximum absolute atomic E-state index is 12.0. The fraction of sp³-hybridized carbons (Fsp3) is 0.188. The second kappa shape index (κ2) is 5.75. The largest absolute Gasteiger partial charge is 0.333 e. The number of rotatable bonds is 2. The van der Waals surface area contributed by atoms with Crippen LogP contribution in [0.25, 0.3) is 6.08 Å². The number of hydrogen-bond donors (Lipinski definition) is 0. The number of allylic oxidation sites excluding steroid dienone is 2. The number of carbonyl (C=O) groups is 3. The number of nitrogens with zero attached hydrogens (tertiary/aromatic N) is 2. The highest BCUT2D eigenvalue weighted by Crippen LogP contribution is 2.15. The molecule has 0 bridgehead atoms. The second-order valence-electron chi connectivity index (χ2n) is 4.81. The SMILES string of the molecule is Cc1ccccc1C=CC=C1C(=O)N(C)C(=O)N(C)C1=O. The van der Waals surface area contributed by atoms with Crippen LogP contribution < -0.4 is 0 Å². The van der Waals surface area contributed by atoms with Crippen molar-refractivity contribution in [3.05, 3.63) is 53.1 Å². The molecular weight excluding hydrogens is 268 g/mol. The topological polar surface area (TPSA) is 57.7 Å². The molecule has 0 radical (unpaired) electrons. The van der Waals surface area contributed by atoms with Gasteiger partial charge in [-0.3, -0.25) is 19.4 Å². The third kappa shape index (κ3) is 2.76. The maximum atomic E-state index is 12.0. The van der Waals surface area contributed by atoms with Gasteiger partial charge in [0.15, 0.2) is 0 Å². The minimum absolute atomic E-state index is 0.0237. The summed E-state index contributed by atoms with van der Waals surface area (Å²) in [6.45, 7) is 1.98. The van der Waals surface area contributed by atoms with Crippen LogP contribution >= 0.6 is 0 Å². The fourth-order valence-electron chi connectivity index (χ4n) is 2.02. The Morgan fingerprint density at radius 3 is 2.10 bits per heavy atom. The minimum Gasteiger partial charge on any atom is -0.268 e. The highest BCUT2D eigenvalue weighted by molar-refractivity contribution is 6.28. The Balaban J connectivity index is 2.28. The van der Waals surface area contributed by atoms with Gasteiger partial charge >= 0.3 is 6.03 Å². The first-order valence-electron chi connectivity index (χ1n) is 6.47. The summed E-state index contributed by atoms with van der Waals surface area (Å²) in [5.41, 5.74) is 2.07. The molecule has 0 aliphatic carbocycles. The predicted octanol–water partition coefficient (Wildman–Crippen LogP) is 1.99. The van der Waals surface area contributed by atoms with Crippen molar-refractivity contribution in [1.29, 1.82) is 0 Å². The molecule has 21 heavy (non-hydrogen) atoms. The summed E-state index contributed by atoms with van der Waals surface area (Å²) in [6, 6.07) is 7.15. The van der Waals surface area contributed by atoms with Crippen molar-refractivity contribution in [1.82, 2.24) is 9.80 Å². The van der Waals surface area contributed by atoms with Crippen LogP contribution in [0.3, 0.4) is 0 Å². The van der Waals surface area contributed by atoms with Crippen molar-refractivity contribution in [2.75, 3.05) is 14.1 Å². The molecule has 0 spiro atoms. The lowest BCUT2D eigenvalue weighted by molar-refractivity contribution is -0.134. The number of hydrogen-bond acceptors (Lipinski definition) is 3. The van der Waals surface area contributed by atoms with E-state index in [-0.39, 0.29) is 5.57 Å². The Morgan fingerprint density at radius 1 is 0.952 bits per heavy atom. The molecule has 0 unspecified atom stereocenters. The van der Waals surface area contributed by atoms with Crippen LogP contribution in [0.4, 0.5) is 4.79 Å². The lowest BCUT2D eigenvalue weighted by atomic mass is 10.1. The van der Waals surface area contributed by atoms with Crippen molar-refractivity contribution in [3.63, 3.8) is 0 Å². The Bertz CT molecular complexity index is 648. The molecule has 1 fully saturated rings. The number of barbiturate groups is 1. The van der Waals surface area contributed by atoms with E-state index in [9.17, 15) is 14.4 Å². The summed E-state index contributed by atoms with van der Waals surface area (Å²) in [7, 11) is 2.71. The van der Waals surface area contributed by atoms with Crippen LogP contribution in [-0.4, -0.2) is 41.7 Å². The van der Waals surface area contributed by atoms with Crippen molar-refractivity contribution < 1.29 is 14.4 Å². The standard InChI is InChI=1S/C16H16N2O3/c1-11-7-4-5-8-12(11)9-6-10-13-14(19)17(2)16(21)18(3)15(13)20/h4-10H,1-3H3. The van der Waals surface area contributed by atoms with E-state index in [0.29, 0.717) is 0 Å². The molecule has 108 valence electrons. The monoisotopic (exact) mass is 284 g/mol. The summed E-state index contributed by atoms with van der Waals surface area (Å²) in [4.78, 5) is 37.4. The minimum atomic E-state index is -0.620. The molecule has 0 atom stereocenters. The summed E-state index contributed by atoms with van der Waals surface area (Å²) in [6.07, 6.45) is 4.90. The molecular formula is C16H16N2O3. The molecule has 1 saturated heterocycles. The normalized spacial score (nSPS) is 16.1. The van der Waals surface area contributed by atoms with E-state index in [1.54, 1.807) is 6.08 Å². The third-order valence-electron chi connectivity index (χ3n) is 3.37. The highest BCUT2D eigenvalue weighted by atomic mass is 16.2. The van der Waals surface area contributed by atoms with Crippen LogP contribution in [0.5, 0.6) is 0 Å². The van der Waals surface area contributed by atoms with E-state index in [0.717, 1.165) is 20.9 Å². The zero-order valence-electron chi connectivity index (χ0n) is 12.2. The van der Waals surface area contributed by atoms with Gasteiger partial charge in [0.1, 0.15) is 5.57 Å². The summed E-state index contributed by atoms with van der Waals surface area (Å²) in [5, 5.41) is 0. The molecule has 2 rings (SSSR count). The average Bonchev–Trinajstić information content (AvgIpc) is 2.48. The number of aryl methyl sites for hydroxylation is 1. The van der Waals surface area contributed by atoms with Gasteiger partial charge in [-0.1, -0.05) is 36.4 Å². The van der Waals surface area contributed by atoms with Gasteiger partial charge in [-0.2, -0.15) is 0 Å². The average molecular weight is 284 g/mol. The van der Waals surface area contributed by atoms with E-state index in [2.05, 4.69) is 0 Å². The zero-order valence-corrected chi connectivity index (χ0v) is 12.2. The van der Waals surface area contributed by atoms with Gasteiger partial charge in [0.05, 0.1) is 0 Å². The molecule has 5 nitrogen and oxygen atoms in total. The quantitative estimate of drug-likeness (QED) is 0.616. The Morgan fingerprint density at radius 2 is 1.52 bits per heavy atom. The molecule has 0 N–H and O–H groups in total. The summed E-state index contributed by atoms with van der Waals surface area (Å²) < 4.78 is 0. The number of likely N-dealkylation sites (N-methyl/N-ethyl adjacent to an activating group) is 2. The van der Waals surface area contributed by atoms with Gasteiger partial charge in [-0.05, 0) is 24.1 Å². The molecule has 5 heteroatoms. The lowest BCUT2D eigenvalue weighted by Gasteiger charge is -2.28. The molecule has 1 aliphatic rings. The Hall–Kier alpha value is -2.69. The smallest absolute Gasteiger partial charge is 0.268 e. The van der Waals surface area contributed by atoms with E-state index >= 15 is 0 Å². The van der Waals surface area contributed by atoms with E-state index in [1.165, 1.54) is 20.2 Å². The molecule has 1 aromatic rings. The number of imide groups is 2. The van der Waals surface area contributed by atoms with Crippen molar-refractivity contribution in [3.8, 4) is 0 Å². The summed E-state index contributed by atoms with van der Waals surface area (Å²) in [5.74, 6) is -1.17. The van der Waals surface area contributed by atoms with Crippen LogP contribution in [0, 0.1) is 6.92 Å². The number of carbonyl (C=O) groups excluding carboxylic acids is 3. The lowest BCUT2D eigenvalue weighted by Crippen LogP contribution is -2.52. The van der Waals surface area contributed by atoms with Crippen LogP contribution in [0.15, 0.2) is 42.0 Å². The Labute approximate surface area is 123 Å². The van der Waals surface area contributed by atoms with E-state index < -0.39 is 17.8 Å². The van der Waals surface area contributed by atoms with Crippen LogP contribution in [0.2, 0.25) is 0 Å². The first-order valence-corrected chi connectivity index (χ1v) is 6.47. The first-order chi connectivity index (χ1) is 9.93. The fourth-order valence-corrected chi connectivity index (χ4v) is 2.02. The zero-order chi connectivity index (χ0) is 15.6. The van der Waals surface area contributed by atoms with E-state index in [4.69, 9.17) is 0 Å². The molecule has 0 saturated carbocycles. The van der Waals surface area contributed by atoms with Gasteiger partial charge < -0.3 is 0 Å².